The molecule has 0 bridgehead atoms. The fourth-order valence-corrected chi connectivity index (χ4v) is 4.34. The molecule has 2 heteroatoms. The summed E-state index contributed by atoms with van der Waals surface area (Å²) in [4.78, 5) is 2.72. The minimum atomic E-state index is 0.518. The van der Waals surface area contributed by atoms with E-state index in [1.54, 1.807) is 0 Å². The molecule has 17 heavy (non-hydrogen) atoms. The zero-order valence-electron chi connectivity index (χ0n) is 11.5. The van der Waals surface area contributed by atoms with Gasteiger partial charge in [0.2, 0.25) is 0 Å². The Labute approximate surface area is 106 Å². The van der Waals surface area contributed by atoms with Crippen molar-refractivity contribution < 1.29 is 0 Å². The van der Waals surface area contributed by atoms with Gasteiger partial charge in [-0.25, -0.2) is 0 Å². The standard InChI is InChI=1S/C15H28N2/c1-15(2)9-4-3-7-14(15)16-12-8-11-17-10-5-6-13(12)17/h12-14,16H,3-11H2,1-2H3. The first-order valence-electron chi connectivity index (χ1n) is 7.67. The van der Waals surface area contributed by atoms with Crippen molar-refractivity contribution in [2.75, 3.05) is 13.1 Å². The Kier molecular flexibility index (Phi) is 3.20. The zero-order chi connectivity index (χ0) is 11.9. The minimum absolute atomic E-state index is 0.518. The maximum Gasteiger partial charge on any atom is 0.0250 e. The van der Waals surface area contributed by atoms with Crippen molar-refractivity contribution in [3.63, 3.8) is 0 Å². The normalized spacial score (nSPS) is 41.6. The van der Waals surface area contributed by atoms with Gasteiger partial charge in [-0.1, -0.05) is 26.7 Å². The highest BCUT2D eigenvalue weighted by atomic mass is 15.2. The van der Waals surface area contributed by atoms with E-state index in [-0.39, 0.29) is 0 Å². The number of fused-ring (bicyclic) bond motifs is 1. The maximum atomic E-state index is 4.04. The third-order valence-electron chi connectivity index (χ3n) is 5.53. The van der Waals surface area contributed by atoms with Crippen molar-refractivity contribution in [1.82, 2.24) is 10.2 Å². The Bertz CT molecular complexity index is 274. The van der Waals surface area contributed by atoms with Crippen LogP contribution in [0.4, 0.5) is 0 Å². The molecule has 3 atom stereocenters. The molecule has 0 aromatic carbocycles. The van der Waals surface area contributed by atoms with Gasteiger partial charge in [0.25, 0.3) is 0 Å². The molecule has 0 aromatic heterocycles. The van der Waals surface area contributed by atoms with E-state index >= 15 is 0 Å². The molecule has 2 aliphatic heterocycles. The van der Waals surface area contributed by atoms with Crippen molar-refractivity contribution in [2.45, 2.75) is 76.9 Å². The van der Waals surface area contributed by atoms with Crippen LogP contribution in [0.3, 0.4) is 0 Å². The molecule has 0 amide bonds. The van der Waals surface area contributed by atoms with Gasteiger partial charge < -0.3 is 5.32 Å². The second kappa shape index (κ2) is 4.55. The number of hydrogen-bond donors (Lipinski definition) is 1. The van der Waals surface area contributed by atoms with Gasteiger partial charge in [0.1, 0.15) is 0 Å². The lowest BCUT2D eigenvalue weighted by Gasteiger charge is -2.41. The number of nitrogens with one attached hydrogen (secondary N) is 1. The molecule has 98 valence electrons. The van der Waals surface area contributed by atoms with Gasteiger partial charge in [0.15, 0.2) is 0 Å². The molecule has 0 spiro atoms. The number of hydrogen-bond acceptors (Lipinski definition) is 2. The first-order valence-corrected chi connectivity index (χ1v) is 7.67. The molecule has 2 heterocycles. The Morgan fingerprint density at radius 2 is 1.88 bits per heavy atom. The summed E-state index contributed by atoms with van der Waals surface area (Å²) in [5.41, 5.74) is 0.518. The van der Waals surface area contributed by atoms with Gasteiger partial charge in [-0.05, 0) is 44.1 Å². The Morgan fingerprint density at radius 3 is 2.71 bits per heavy atom. The molecule has 1 N–H and O–H groups in total. The Hall–Kier alpha value is -0.0800. The van der Waals surface area contributed by atoms with Gasteiger partial charge >= 0.3 is 0 Å². The molecule has 3 fully saturated rings. The molecule has 2 saturated heterocycles. The van der Waals surface area contributed by atoms with E-state index in [1.165, 1.54) is 58.0 Å². The van der Waals surface area contributed by atoms with E-state index in [1.807, 2.05) is 0 Å². The fraction of sp³-hybridized carbons (Fsp3) is 1.00. The van der Waals surface area contributed by atoms with Crippen LogP contribution in [0.15, 0.2) is 0 Å². The molecule has 1 aliphatic carbocycles. The monoisotopic (exact) mass is 236 g/mol. The smallest absolute Gasteiger partial charge is 0.0250 e. The first kappa shape index (κ1) is 12.0. The minimum Gasteiger partial charge on any atom is -0.309 e. The van der Waals surface area contributed by atoms with Crippen LogP contribution >= 0.6 is 0 Å². The number of rotatable bonds is 2. The van der Waals surface area contributed by atoms with E-state index in [4.69, 9.17) is 0 Å². The summed E-state index contributed by atoms with van der Waals surface area (Å²) in [5.74, 6) is 0. The van der Waals surface area contributed by atoms with Gasteiger partial charge in [0.05, 0.1) is 0 Å². The summed E-state index contributed by atoms with van der Waals surface area (Å²) >= 11 is 0. The van der Waals surface area contributed by atoms with E-state index in [0.29, 0.717) is 5.41 Å². The lowest BCUT2D eigenvalue weighted by molar-refractivity contribution is 0.147. The topological polar surface area (TPSA) is 15.3 Å². The molecular weight excluding hydrogens is 208 g/mol. The predicted molar refractivity (Wildman–Crippen MR) is 72.2 cm³/mol. The molecule has 0 radical (unpaired) electrons. The molecule has 2 nitrogen and oxygen atoms in total. The highest BCUT2D eigenvalue weighted by Gasteiger charge is 2.40. The summed E-state index contributed by atoms with van der Waals surface area (Å²) in [7, 11) is 0. The van der Waals surface area contributed by atoms with Crippen LogP contribution in [-0.4, -0.2) is 36.1 Å². The Morgan fingerprint density at radius 1 is 1.00 bits per heavy atom. The van der Waals surface area contributed by atoms with Gasteiger partial charge in [0, 0.05) is 24.7 Å². The number of nitrogens with zero attached hydrogens (tertiary/aromatic N) is 1. The molecule has 3 unspecified atom stereocenters. The average molecular weight is 236 g/mol. The lowest BCUT2D eigenvalue weighted by Crippen LogP contribution is -2.51. The summed E-state index contributed by atoms with van der Waals surface area (Å²) in [6.45, 7) is 7.63. The maximum absolute atomic E-state index is 4.04. The van der Waals surface area contributed by atoms with Crippen molar-refractivity contribution in [2.24, 2.45) is 5.41 Å². The molecule has 0 aromatic rings. The van der Waals surface area contributed by atoms with Crippen LogP contribution in [0.1, 0.15) is 58.8 Å². The summed E-state index contributed by atoms with van der Waals surface area (Å²) < 4.78 is 0. The van der Waals surface area contributed by atoms with Crippen LogP contribution in [0.5, 0.6) is 0 Å². The van der Waals surface area contributed by atoms with E-state index in [9.17, 15) is 0 Å². The molecule has 3 aliphatic rings. The van der Waals surface area contributed by atoms with E-state index in [0.717, 1.165) is 18.1 Å². The van der Waals surface area contributed by atoms with Crippen LogP contribution in [0.2, 0.25) is 0 Å². The van der Waals surface area contributed by atoms with Crippen molar-refractivity contribution >= 4 is 0 Å². The summed E-state index contributed by atoms with van der Waals surface area (Å²) in [5, 5.41) is 4.04. The SMILES string of the molecule is CC1(C)CCCCC1NC1CCN2CCCC12. The third kappa shape index (κ3) is 2.26. The quantitative estimate of drug-likeness (QED) is 0.793. The molecule has 1 saturated carbocycles. The van der Waals surface area contributed by atoms with Crippen LogP contribution in [0.25, 0.3) is 0 Å². The van der Waals surface area contributed by atoms with Crippen LogP contribution < -0.4 is 5.32 Å². The van der Waals surface area contributed by atoms with E-state index in [2.05, 4.69) is 24.1 Å². The lowest BCUT2D eigenvalue weighted by atomic mass is 9.73. The Balaban J connectivity index is 1.62. The van der Waals surface area contributed by atoms with Crippen molar-refractivity contribution in [1.29, 1.82) is 0 Å². The second-order valence-electron chi connectivity index (χ2n) is 7.09. The fourth-order valence-electron chi connectivity index (χ4n) is 4.34. The summed E-state index contributed by atoms with van der Waals surface area (Å²) in [6.07, 6.45) is 9.93. The zero-order valence-corrected chi connectivity index (χ0v) is 11.5. The third-order valence-corrected chi connectivity index (χ3v) is 5.53. The predicted octanol–water partition coefficient (Wildman–Crippen LogP) is 2.78. The summed E-state index contributed by atoms with van der Waals surface area (Å²) in [6, 6.07) is 2.43. The van der Waals surface area contributed by atoms with Crippen LogP contribution in [0, 0.1) is 5.41 Å². The highest BCUT2D eigenvalue weighted by Crippen LogP contribution is 2.37. The average Bonchev–Trinajstić information content (AvgIpc) is 2.85. The van der Waals surface area contributed by atoms with Crippen LogP contribution in [-0.2, 0) is 0 Å². The first-order chi connectivity index (χ1) is 8.17. The highest BCUT2D eigenvalue weighted by molar-refractivity contribution is 4.99. The second-order valence-corrected chi connectivity index (χ2v) is 7.09. The van der Waals surface area contributed by atoms with E-state index < -0.39 is 0 Å². The van der Waals surface area contributed by atoms with Gasteiger partial charge in [-0.3, -0.25) is 4.90 Å². The molecule has 3 rings (SSSR count). The van der Waals surface area contributed by atoms with Gasteiger partial charge in [-0.2, -0.15) is 0 Å². The van der Waals surface area contributed by atoms with Crippen molar-refractivity contribution in [3.05, 3.63) is 0 Å². The molecular formula is C15H28N2. The largest absolute Gasteiger partial charge is 0.309 e. The van der Waals surface area contributed by atoms with Gasteiger partial charge in [-0.15, -0.1) is 0 Å². The van der Waals surface area contributed by atoms with Crippen molar-refractivity contribution in [3.8, 4) is 0 Å².